The molecule has 0 saturated carbocycles. The third-order valence-electron chi connectivity index (χ3n) is 7.60. The van der Waals surface area contributed by atoms with E-state index in [0.29, 0.717) is 38.2 Å². The van der Waals surface area contributed by atoms with Gasteiger partial charge in [0.15, 0.2) is 5.79 Å². The molecule has 1 spiro atoms. The van der Waals surface area contributed by atoms with Gasteiger partial charge in [-0.2, -0.15) is 0 Å². The highest BCUT2D eigenvalue weighted by Crippen LogP contribution is 2.35. The number of nitrogen functional groups attached to an aromatic ring is 1. The first kappa shape index (κ1) is 31.2. The van der Waals surface area contributed by atoms with Gasteiger partial charge >= 0.3 is 0 Å². The van der Waals surface area contributed by atoms with Crippen molar-refractivity contribution in [2.75, 3.05) is 32.9 Å². The van der Waals surface area contributed by atoms with Crippen molar-refractivity contribution >= 4 is 34.9 Å². The number of nitrogens with zero attached hydrogens (tertiary/aromatic N) is 1. The summed E-state index contributed by atoms with van der Waals surface area (Å²) in [5.74, 6) is -1.40. The summed E-state index contributed by atoms with van der Waals surface area (Å²) in [6.07, 6.45) is 1.37. The van der Waals surface area contributed by atoms with Crippen LogP contribution in [0.5, 0.6) is 5.75 Å². The van der Waals surface area contributed by atoms with Gasteiger partial charge in [-0.3, -0.25) is 19.8 Å². The molecule has 232 valence electrons. The van der Waals surface area contributed by atoms with Crippen molar-refractivity contribution in [2.24, 2.45) is 5.73 Å². The molecular formula is C32H37N5O6S. The van der Waals surface area contributed by atoms with Crippen LogP contribution in [0.2, 0.25) is 0 Å². The Balaban J connectivity index is 1.22. The van der Waals surface area contributed by atoms with Crippen molar-refractivity contribution in [3.63, 3.8) is 0 Å². The van der Waals surface area contributed by atoms with Gasteiger partial charge in [-0.25, -0.2) is 0 Å². The Labute approximate surface area is 260 Å². The van der Waals surface area contributed by atoms with Crippen LogP contribution in [0.1, 0.15) is 41.3 Å². The zero-order chi connectivity index (χ0) is 30.9. The second-order valence-electron chi connectivity index (χ2n) is 10.8. The van der Waals surface area contributed by atoms with Crippen molar-refractivity contribution in [2.45, 2.75) is 43.6 Å². The molecule has 0 bridgehead atoms. The molecule has 2 saturated heterocycles. The van der Waals surface area contributed by atoms with E-state index in [2.05, 4.69) is 10.6 Å². The van der Waals surface area contributed by atoms with Gasteiger partial charge in [0.05, 0.1) is 39.0 Å². The van der Waals surface area contributed by atoms with Crippen molar-refractivity contribution in [1.82, 2.24) is 15.5 Å². The fourth-order valence-corrected chi connectivity index (χ4v) is 6.32. The molecule has 12 heteroatoms. The number of thiophene rings is 1. The molecule has 0 aliphatic carbocycles. The minimum atomic E-state index is -1.06. The summed E-state index contributed by atoms with van der Waals surface area (Å²) in [4.78, 5) is 42.0. The molecule has 3 amide bonds. The lowest BCUT2D eigenvalue weighted by atomic mass is 10.0. The predicted octanol–water partition coefficient (Wildman–Crippen LogP) is 2.75. The lowest BCUT2D eigenvalue weighted by Crippen LogP contribution is -2.49. The topological polar surface area (TPSA) is 156 Å². The maximum Gasteiger partial charge on any atom is 0.243 e. The third kappa shape index (κ3) is 8.01. The van der Waals surface area contributed by atoms with Gasteiger partial charge in [0.2, 0.25) is 17.7 Å². The minimum Gasteiger partial charge on any atom is -0.494 e. The largest absolute Gasteiger partial charge is 0.494 e. The smallest absolute Gasteiger partial charge is 0.243 e. The van der Waals surface area contributed by atoms with E-state index in [1.807, 2.05) is 66.7 Å². The quantitative estimate of drug-likeness (QED) is 0.130. The number of amidine groups is 1. The van der Waals surface area contributed by atoms with Gasteiger partial charge in [-0.15, -0.1) is 11.3 Å². The van der Waals surface area contributed by atoms with E-state index < -0.39 is 23.8 Å². The van der Waals surface area contributed by atoms with E-state index in [4.69, 9.17) is 25.4 Å². The average molecular weight is 620 g/mol. The summed E-state index contributed by atoms with van der Waals surface area (Å²) in [6.45, 7) is 0.953. The maximum atomic E-state index is 13.9. The van der Waals surface area contributed by atoms with Crippen molar-refractivity contribution < 1.29 is 28.6 Å². The van der Waals surface area contributed by atoms with Crippen LogP contribution in [0, 0.1) is 5.41 Å². The number of carbonyl (C=O) groups is 3. The second-order valence-corrected chi connectivity index (χ2v) is 11.7. The molecule has 1 unspecified atom stereocenters. The molecule has 2 aliphatic heterocycles. The van der Waals surface area contributed by atoms with Crippen LogP contribution in [0.15, 0.2) is 72.1 Å². The first-order valence-electron chi connectivity index (χ1n) is 14.6. The summed E-state index contributed by atoms with van der Waals surface area (Å²) in [6, 6.07) is 19.6. The van der Waals surface area contributed by atoms with Gasteiger partial charge in [-0.05, 0) is 36.6 Å². The number of nitrogens with two attached hydrogens (primary N) is 1. The van der Waals surface area contributed by atoms with Crippen molar-refractivity contribution in [3.8, 4) is 5.75 Å². The van der Waals surface area contributed by atoms with Crippen LogP contribution in [0.3, 0.4) is 0 Å². The fourth-order valence-electron chi connectivity index (χ4n) is 5.36. The molecule has 2 aliphatic rings. The van der Waals surface area contributed by atoms with Gasteiger partial charge in [0.25, 0.3) is 0 Å². The molecule has 5 rings (SSSR count). The van der Waals surface area contributed by atoms with E-state index in [1.54, 1.807) is 5.38 Å². The second kappa shape index (κ2) is 14.5. The van der Waals surface area contributed by atoms with Crippen LogP contribution in [0.25, 0.3) is 0 Å². The van der Waals surface area contributed by atoms with Crippen molar-refractivity contribution in [1.29, 1.82) is 5.41 Å². The number of ether oxygens (including phenoxy) is 3. The zero-order valence-electron chi connectivity index (χ0n) is 24.3. The van der Waals surface area contributed by atoms with Gasteiger partial charge in [0, 0.05) is 28.7 Å². The Bertz CT molecular complexity index is 1440. The molecule has 3 aromatic rings. The highest BCUT2D eigenvalue weighted by molar-refractivity contribution is 7.10. The summed E-state index contributed by atoms with van der Waals surface area (Å²) in [5, 5.41) is 15.4. The number of carbonyl (C=O) groups excluding carboxylic acids is 3. The SMILES string of the molecule is N=C(N)c1csc(C(Cc2ccccc2)NC(=O)[C@@H]2CC3(CN2C(=O)CNC(=O)CCCOc2ccccc2)OCCO3)c1. The first-order chi connectivity index (χ1) is 21.3. The molecule has 2 aromatic carbocycles. The van der Waals surface area contributed by atoms with Crippen LogP contribution in [0.4, 0.5) is 0 Å². The predicted molar refractivity (Wildman–Crippen MR) is 165 cm³/mol. The van der Waals surface area contributed by atoms with E-state index in [0.717, 1.165) is 16.2 Å². The number of likely N-dealkylation sites (tertiary alicyclic amines) is 1. The van der Waals surface area contributed by atoms with Crippen LogP contribution in [-0.4, -0.2) is 73.2 Å². The van der Waals surface area contributed by atoms with E-state index in [1.165, 1.54) is 16.2 Å². The summed E-state index contributed by atoms with van der Waals surface area (Å²) >= 11 is 1.41. The van der Waals surface area contributed by atoms with Crippen molar-refractivity contribution in [3.05, 3.63) is 88.1 Å². The molecule has 2 fully saturated rings. The average Bonchev–Trinajstić information content (AvgIpc) is 3.80. The van der Waals surface area contributed by atoms with Gasteiger partial charge < -0.3 is 35.5 Å². The summed E-state index contributed by atoms with van der Waals surface area (Å²) in [5.41, 5.74) is 7.31. The molecule has 2 atom stereocenters. The lowest BCUT2D eigenvalue weighted by molar-refractivity contribution is -0.152. The molecule has 5 N–H and O–H groups in total. The van der Waals surface area contributed by atoms with Crippen LogP contribution < -0.4 is 21.1 Å². The zero-order valence-corrected chi connectivity index (χ0v) is 25.1. The molecular weight excluding hydrogens is 582 g/mol. The van der Waals surface area contributed by atoms with Gasteiger partial charge in [0.1, 0.15) is 17.6 Å². The number of amides is 3. The Morgan fingerprint density at radius 3 is 2.48 bits per heavy atom. The van der Waals surface area contributed by atoms with E-state index >= 15 is 0 Å². The Hall–Kier alpha value is -4.26. The summed E-state index contributed by atoms with van der Waals surface area (Å²) < 4.78 is 17.4. The molecule has 0 radical (unpaired) electrons. The third-order valence-corrected chi connectivity index (χ3v) is 8.64. The number of benzene rings is 2. The maximum absolute atomic E-state index is 13.9. The Morgan fingerprint density at radius 2 is 1.80 bits per heavy atom. The number of para-hydroxylation sites is 1. The minimum absolute atomic E-state index is 0.0481. The number of hydrogen-bond donors (Lipinski definition) is 4. The number of hydrogen-bond acceptors (Lipinski definition) is 8. The molecule has 44 heavy (non-hydrogen) atoms. The fraction of sp³-hybridized carbons (Fsp3) is 0.375. The monoisotopic (exact) mass is 619 g/mol. The highest BCUT2D eigenvalue weighted by atomic mass is 32.1. The number of rotatable bonds is 13. The molecule has 11 nitrogen and oxygen atoms in total. The van der Waals surface area contributed by atoms with Crippen LogP contribution >= 0.6 is 11.3 Å². The standard InChI is InChI=1S/C32H37N5O6S/c33-30(34)23-17-27(44-20-23)25(16-22-8-3-1-4-9-22)36-31(40)26-18-32(42-14-15-43-32)21-37(26)29(39)19-35-28(38)12-7-13-41-24-10-5-2-6-11-24/h1-6,8-11,17,20,25-26H,7,12-16,18-19,21H2,(H3,33,34)(H,35,38)(H,36,40)/t25?,26-/m0/s1. The van der Waals surface area contributed by atoms with E-state index in [-0.39, 0.29) is 43.6 Å². The number of nitrogens with one attached hydrogen (secondary N) is 3. The first-order valence-corrected chi connectivity index (χ1v) is 15.5. The molecule has 3 heterocycles. The lowest BCUT2D eigenvalue weighted by Gasteiger charge is -2.26. The Morgan fingerprint density at radius 1 is 1.09 bits per heavy atom. The van der Waals surface area contributed by atoms with E-state index in [9.17, 15) is 14.4 Å². The highest BCUT2D eigenvalue weighted by Gasteiger charge is 2.52. The molecule has 1 aromatic heterocycles. The van der Waals surface area contributed by atoms with Crippen LogP contribution in [-0.2, 0) is 30.3 Å². The normalized spacial score (nSPS) is 17.7. The summed E-state index contributed by atoms with van der Waals surface area (Å²) in [7, 11) is 0. The Kier molecular flexibility index (Phi) is 10.3. The van der Waals surface area contributed by atoms with Gasteiger partial charge in [-0.1, -0.05) is 48.5 Å².